The minimum absolute atomic E-state index is 0.475. The lowest BCUT2D eigenvalue weighted by Gasteiger charge is -2.14. The SMILES string of the molecule is CCn1nccc1C(O)c1c(Cl)cnn1CC. The van der Waals surface area contributed by atoms with Crippen LogP contribution in [0.4, 0.5) is 0 Å². The van der Waals surface area contributed by atoms with Gasteiger partial charge in [-0.15, -0.1) is 0 Å². The Morgan fingerprint density at radius 3 is 2.65 bits per heavy atom. The molecule has 2 heterocycles. The number of aliphatic hydroxyl groups is 1. The number of aromatic nitrogens is 4. The number of rotatable bonds is 4. The van der Waals surface area contributed by atoms with Crippen LogP contribution >= 0.6 is 11.6 Å². The van der Waals surface area contributed by atoms with E-state index in [1.165, 1.54) is 0 Å². The molecule has 0 aliphatic carbocycles. The Bertz CT molecular complexity index is 505. The number of aryl methyl sites for hydroxylation is 2. The van der Waals surface area contributed by atoms with Gasteiger partial charge in [0.1, 0.15) is 6.10 Å². The second-order valence-electron chi connectivity index (χ2n) is 3.67. The van der Waals surface area contributed by atoms with Gasteiger partial charge in [0.05, 0.1) is 22.6 Å². The minimum Gasteiger partial charge on any atom is -0.380 e. The van der Waals surface area contributed by atoms with E-state index in [1.54, 1.807) is 27.8 Å². The van der Waals surface area contributed by atoms with E-state index in [0.29, 0.717) is 23.8 Å². The lowest BCUT2D eigenvalue weighted by Crippen LogP contribution is -2.14. The highest BCUT2D eigenvalue weighted by Gasteiger charge is 2.22. The molecule has 0 saturated carbocycles. The first kappa shape index (κ1) is 12.1. The van der Waals surface area contributed by atoms with Crippen molar-refractivity contribution in [3.63, 3.8) is 0 Å². The molecule has 0 amide bonds. The molecule has 5 nitrogen and oxygen atoms in total. The highest BCUT2D eigenvalue weighted by molar-refractivity contribution is 6.31. The summed E-state index contributed by atoms with van der Waals surface area (Å²) >= 11 is 6.06. The summed E-state index contributed by atoms with van der Waals surface area (Å²) in [5.74, 6) is 0. The third-order valence-electron chi connectivity index (χ3n) is 2.72. The van der Waals surface area contributed by atoms with Crippen molar-refractivity contribution in [2.45, 2.75) is 33.0 Å². The van der Waals surface area contributed by atoms with Gasteiger partial charge in [0.15, 0.2) is 0 Å². The molecular formula is C11H15ClN4O. The molecule has 1 N–H and O–H groups in total. The number of hydrogen-bond acceptors (Lipinski definition) is 3. The van der Waals surface area contributed by atoms with Crippen LogP contribution < -0.4 is 0 Å². The molecule has 0 spiro atoms. The largest absolute Gasteiger partial charge is 0.380 e. The van der Waals surface area contributed by atoms with Crippen LogP contribution in [0.1, 0.15) is 31.3 Å². The second-order valence-corrected chi connectivity index (χ2v) is 4.08. The van der Waals surface area contributed by atoms with E-state index in [-0.39, 0.29) is 0 Å². The smallest absolute Gasteiger partial charge is 0.139 e. The average Bonchev–Trinajstić information content (AvgIpc) is 2.93. The van der Waals surface area contributed by atoms with Gasteiger partial charge >= 0.3 is 0 Å². The molecule has 2 aromatic rings. The van der Waals surface area contributed by atoms with Crippen LogP contribution in [0.25, 0.3) is 0 Å². The lowest BCUT2D eigenvalue weighted by molar-refractivity contribution is 0.196. The van der Waals surface area contributed by atoms with Crippen LogP contribution in [0.3, 0.4) is 0 Å². The highest BCUT2D eigenvalue weighted by atomic mass is 35.5. The van der Waals surface area contributed by atoms with Crippen LogP contribution in [0.15, 0.2) is 18.5 Å². The van der Waals surface area contributed by atoms with Crippen molar-refractivity contribution in [2.75, 3.05) is 0 Å². The number of halogens is 1. The van der Waals surface area contributed by atoms with Crippen molar-refractivity contribution in [3.05, 3.63) is 34.9 Å². The number of nitrogens with zero attached hydrogens (tertiary/aromatic N) is 4. The zero-order chi connectivity index (χ0) is 12.4. The van der Waals surface area contributed by atoms with Crippen molar-refractivity contribution < 1.29 is 5.11 Å². The van der Waals surface area contributed by atoms with Crippen molar-refractivity contribution in [2.24, 2.45) is 0 Å². The summed E-state index contributed by atoms with van der Waals surface area (Å²) in [5, 5.41) is 19.1. The molecule has 2 aromatic heterocycles. The average molecular weight is 255 g/mol. The number of hydrogen-bond donors (Lipinski definition) is 1. The molecule has 0 aromatic carbocycles. The fourth-order valence-electron chi connectivity index (χ4n) is 1.88. The van der Waals surface area contributed by atoms with Crippen LogP contribution in [-0.4, -0.2) is 24.7 Å². The highest BCUT2D eigenvalue weighted by Crippen LogP contribution is 2.27. The van der Waals surface area contributed by atoms with Crippen LogP contribution in [-0.2, 0) is 13.1 Å². The Morgan fingerprint density at radius 2 is 2.00 bits per heavy atom. The third-order valence-corrected chi connectivity index (χ3v) is 3.01. The van der Waals surface area contributed by atoms with E-state index in [0.717, 1.165) is 5.69 Å². The van der Waals surface area contributed by atoms with Crippen molar-refractivity contribution >= 4 is 11.6 Å². The second kappa shape index (κ2) is 4.89. The van der Waals surface area contributed by atoms with Gasteiger partial charge in [0, 0.05) is 19.3 Å². The van der Waals surface area contributed by atoms with Gasteiger partial charge in [-0.05, 0) is 19.9 Å². The summed E-state index contributed by atoms with van der Waals surface area (Å²) in [6, 6.07) is 1.79. The predicted molar refractivity (Wildman–Crippen MR) is 64.9 cm³/mol. The van der Waals surface area contributed by atoms with Gasteiger partial charge in [-0.2, -0.15) is 10.2 Å². The summed E-state index contributed by atoms with van der Waals surface area (Å²) in [4.78, 5) is 0. The molecule has 2 rings (SSSR count). The van der Waals surface area contributed by atoms with E-state index in [2.05, 4.69) is 10.2 Å². The van der Waals surface area contributed by atoms with Crippen molar-refractivity contribution in [3.8, 4) is 0 Å². The Labute approximate surface area is 105 Å². The predicted octanol–water partition coefficient (Wildman–Crippen LogP) is 1.85. The van der Waals surface area contributed by atoms with Crippen molar-refractivity contribution in [1.29, 1.82) is 0 Å². The van der Waals surface area contributed by atoms with Crippen LogP contribution in [0.5, 0.6) is 0 Å². The molecular weight excluding hydrogens is 240 g/mol. The summed E-state index contributed by atoms with van der Waals surface area (Å²) in [7, 11) is 0. The van der Waals surface area contributed by atoms with E-state index in [9.17, 15) is 5.11 Å². The first-order chi connectivity index (χ1) is 8.19. The Kier molecular flexibility index (Phi) is 3.49. The van der Waals surface area contributed by atoms with E-state index >= 15 is 0 Å². The molecule has 0 saturated heterocycles. The van der Waals surface area contributed by atoms with Gasteiger partial charge in [-0.1, -0.05) is 11.6 Å². The maximum absolute atomic E-state index is 10.4. The summed E-state index contributed by atoms with van der Waals surface area (Å²) in [6.07, 6.45) is 2.42. The van der Waals surface area contributed by atoms with Gasteiger partial charge in [0.2, 0.25) is 0 Å². The quantitative estimate of drug-likeness (QED) is 0.906. The Balaban J connectivity index is 2.43. The molecule has 1 atom stereocenters. The molecule has 0 fully saturated rings. The molecule has 0 radical (unpaired) electrons. The van der Waals surface area contributed by atoms with Gasteiger partial charge in [-0.25, -0.2) is 0 Å². The fourth-order valence-corrected chi connectivity index (χ4v) is 2.12. The molecule has 0 bridgehead atoms. The Morgan fingerprint density at radius 1 is 1.29 bits per heavy atom. The zero-order valence-corrected chi connectivity index (χ0v) is 10.6. The zero-order valence-electron chi connectivity index (χ0n) is 9.84. The van der Waals surface area contributed by atoms with Crippen molar-refractivity contribution in [1.82, 2.24) is 19.6 Å². The topological polar surface area (TPSA) is 55.9 Å². The Hall–Kier alpha value is -1.33. The first-order valence-electron chi connectivity index (χ1n) is 5.60. The summed E-state index contributed by atoms with van der Waals surface area (Å²) < 4.78 is 3.44. The van der Waals surface area contributed by atoms with Crippen LogP contribution in [0, 0.1) is 0 Å². The van der Waals surface area contributed by atoms with Crippen LogP contribution in [0.2, 0.25) is 5.02 Å². The maximum Gasteiger partial charge on any atom is 0.139 e. The molecule has 17 heavy (non-hydrogen) atoms. The monoisotopic (exact) mass is 254 g/mol. The van der Waals surface area contributed by atoms with E-state index in [4.69, 9.17) is 11.6 Å². The normalized spacial score (nSPS) is 12.9. The summed E-state index contributed by atoms with van der Waals surface area (Å²) in [5.41, 5.74) is 1.34. The lowest BCUT2D eigenvalue weighted by atomic mass is 10.2. The standard InChI is InChI=1S/C11H15ClN4O/c1-3-15-9(5-6-13-15)11(17)10-8(12)7-14-16(10)4-2/h5-7,11,17H,3-4H2,1-2H3. The summed E-state index contributed by atoms with van der Waals surface area (Å²) in [6.45, 7) is 5.30. The van der Waals surface area contributed by atoms with E-state index in [1.807, 2.05) is 13.8 Å². The molecule has 0 aliphatic rings. The van der Waals surface area contributed by atoms with Gasteiger partial charge in [0.25, 0.3) is 0 Å². The van der Waals surface area contributed by atoms with Gasteiger partial charge in [-0.3, -0.25) is 9.36 Å². The molecule has 1 unspecified atom stereocenters. The minimum atomic E-state index is -0.799. The van der Waals surface area contributed by atoms with E-state index < -0.39 is 6.10 Å². The fraction of sp³-hybridized carbons (Fsp3) is 0.455. The molecule has 0 aliphatic heterocycles. The third kappa shape index (κ3) is 2.08. The number of aliphatic hydroxyl groups excluding tert-OH is 1. The van der Waals surface area contributed by atoms with Gasteiger partial charge < -0.3 is 5.11 Å². The molecule has 92 valence electrons. The maximum atomic E-state index is 10.4. The molecule has 6 heteroatoms. The first-order valence-corrected chi connectivity index (χ1v) is 5.97.